The van der Waals surface area contributed by atoms with Gasteiger partial charge in [0, 0.05) is 6.08 Å². The van der Waals surface area contributed by atoms with Gasteiger partial charge in [-0.1, -0.05) is 12.1 Å². The summed E-state index contributed by atoms with van der Waals surface area (Å²) in [5, 5.41) is 22.3. The van der Waals surface area contributed by atoms with Gasteiger partial charge in [0.25, 0.3) is 11.6 Å². The maximum Gasteiger partial charge on any atom is 0.331 e. The van der Waals surface area contributed by atoms with E-state index in [1.165, 1.54) is 38.3 Å². The van der Waals surface area contributed by atoms with E-state index in [1.807, 2.05) is 6.07 Å². The molecule has 0 fully saturated rings. The molecule has 0 bridgehead atoms. The van der Waals surface area contributed by atoms with Gasteiger partial charge < -0.3 is 14.8 Å². The summed E-state index contributed by atoms with van der Waals surface area (Å²) in [6.45, 7) is 1.35. The Hall–Kier alpha value is -4.19. The van der Waals surface area contributed by atoms with Gasteiger partial charge in [-0.2, -0.15) is 5.26 Å². The van der Waals surface area contributed by atoms with Gasteiger partial charge in [0.2, 0.25) is 0 Å². The number of benzene rings is 2. The Morgan fingerprint density at radius 3 is 2.52 bits per heavy atom. The molecule has 0 aliphatic carbocycles. The predicted octanol–water partition coefficient (Wildman–Crippen LogP) is 3.06. The zero-order valence-corrected chi connectivity index (χ0v) is 15.6. The number of carbonyl (C=O) groups is 2. The van der Waals surface area contributed by atoms with Crippen molar-refractivity contribution >= 4 is 29.3 Å². The van der Waals surface area contributed by atoms with Crippen LogP contribution in [-0.2, 0) is 14.3 Å². The Bertz CT molecular complexity index is 992. The number of ether oxygens (including phenoxy) is 2. The maximum atomic E-state index is 12.2. The van der Waals surface area contributed by atoms with Crippen molar-refractivity contribution in [2.45, 2.75) is 13.0 Å². The summed E-state index contributed by atoms with van der Waals surface area (Å²) in [6.07, 6.45) is 1.43. The van der Waals surface area contributed by atoms with E-state index in [1.54, 1.807) is 24.3 Å². The molecule has 0 aliphatic rings. The summed E-state index contributed by atoms with van der Waals surface area (Å²) in [5.41, 5.74) is 0.767. The van der Waals surface area contributed by atoms with E-state index in [0.717, 1.165) is 6.08 Å². The highest BCUT2D eigenvalue weighted by Gasteiger charge is 2.22. The Morgan fingerprint density at radius 1 is 1.24 bits per heavy atom. The maximum absolute atomic E-state index is 12.2. The largest absolute Gasteiger partial charge is 0.496 e. The number of rotatable bonds is 7. The standard InChI is InChI=1S/C20H17N3O6/c1-13(29-19(24)10-7-14-3-5-15(12-21)6-4-14)20(25)22-17-9-8-16(28-2)11-18(17)23(26)27/h3-11,13H,1-2H3,(H,22,25)/b10-7+/t13-/m0/s1. The monoisotopic (exact) mass is 395 g/mol. The molecule has 9 nitrogen and oxygen atoms in total. The van der Waals surface area contributed by atoms with E-state index < -0.39 is 22.9 Å². The van der Waals surface area contributed by atoms with E-state index in [-0.39, 0.29) is 17.1 Å². The minimum absolute atomic E-state index is 0.0446. The number of nitrogens with one attached hydrogen (secondary N) is 1. The van der Waals surface area contributed by atoms with E-state index >= 15 is 0 Å². The molecule has 0 radical (unpaired) electrons. The number of hydrogen-bond donors (Lipinski definition) is 1. The highest BCUT2D eigenvalue weighted by Crippen LogP contribution is 2.29. The summed E-state index contributed by atoms with van der Waals surface area (Å²) < 4.78 is 9.94. The number of nitriles is 1. The van der Waals surface area contributed by atoms with Crippen molar-refractivity contribution in [3.05, 3.63) is 69.8 Å². The average molecular weight is 395 g/mol. The average Bonchev–Trinajstić information content (AvgIpc) is 2.72. The van der Waals surface area contributed by atoms with Crippen LogP contribution in [0, 0.1) is 21.4 Å². The topological polar surface area (TPSA) is 132 Å². The van der Waals surface area contributed by atoms with Gasteiger partial charge in [-0.3, -0.25) is 14.9 Å². The van der Waals surface area contributed by atoms with Gasteiger partial charge in [-0.05, 0) is 42.8 Å². The molecule has 0 spiro atoms. The second-order valence-electron chi connectivity index (χ2n) is 5.78. The minimum Gasteiger partial charge on any atom is -0.496 e. The van der Waals surface area contributed by atoms with Crippen LogP contribution in [0.1, 0.15) is 18.1 Å². The molecule has 1 atom stereocenters. The van der Waals surface area contributed by atoms with Crippen molar-refractivity contribution < 1.29 is 24.0 Å². The van der Waals surface area contributed by atoms with Crippen molar-refractivity contribution in [3.8, 4) is 11.8 Å². The fourth-order valence-electron chi connectivity index (χ4n) is 2.23. The third-order valence-corrected chi connectivity index (χ3v) is 3.77. The Kier molecular flexibility index (Phi) is 7.03. The quantitative estimate of drug-likeness (QED) is 0.330. The summed E-state index contributed by atoms with van der Waals surface area (Å²) in [7, 11) is 1.37. The minimum atomic E-state index is -1.19. The molecule has 0 aliphatic heterocycles. The summed E-state index contributed by atoms with van der Waals surface area (Å²) >= 11 is 0. The lowest BCUT2D eigenvalue weighted by Crippen LogP contribution is -2.29. The number of hydrogen-bond acceptors (Lipinski definition) is 7. The fourth-order valence-corrected chi connectivity index (χ4v) is 2.23. The highest BCUT2D eigenvalue weighted by molar-refractivity contribution is 5.98. The zero-order chi connectivity index (χ0) is 21.4. The van der Waals surface area contributed by atoms with Crippen molar-refractivity contribution in [3.63, 3.8) is 0 Å². The normalized spacial score (nSPS) is 11.3. The van der Waals surface area contributed by atoms with E-state index in [0.29, 0.717) is 11.1 Å². The van der Waals surface area contributed by atoms with Gasteiger partial charge in [-0.25, -0.2) is 4.79 Å². The van der Waals surface area contributed by atoms with Crippen LogP contribution in [0.25, 0.3) is 6.08 Å². The molecule has 0 heterocycles. The number of amides is 1. The first-order valence-electron chi connectivity index (χ1n) is 8.36. The van der Waals surface area contributed by atoms with Gasteiger partial charge in [-0.15, -0.1) is 0 Å². The second kappa shape index (κ2) is 9.66. The Balaban J connectivity index is 1.99. The number of methoxy groups -OCH3 is 1. The van der Waals surface area contributed by atoms with E-state index in [4.69, 9.17) is 14.7 Å². The summed E-state index contributed by atoms with van der Waals surface area (Å²) in [6, 6.07) is 12.5. The number of nitro benzene ring substituents is 1. The Morgan fingerprint density at radius 2 is 1.93 bits per heavy atom. The molecular weight excluding hydrogens is 378 g/mol. The first-order valence-corrected chi connectivity index (χ1v) is 8.36. The summed E-state index contributed by atoms with van der Waals surface area (Å²) in [5.74, 6) is -1.22. The molecule has 1 N–H and O–H groups in total. The molecule has 2 rings (SSSR count). The van der Waals surface area contributed by atoms with Gasteiger partial charge in [0.15, 0.2) is 6.10 Å². The lowest BCUT2D eigenvalue weighted by molar-refractivity contribution is -0.384. The SMILES string of the molecule is COc1ccc(NC(=O)[C@H](C)OC(=O)/C=C/c2ccc(C#N)cc2)c([N+](=O)[O-])c1. The molecule has 0 unspecified atom stereocenters. The van der Waals surface area contributed by atoms with Crippen LogP contribution >= 0.6 is 0 Å². The van der Waals surface area contributed by atoms with Gasteiger partial charge >= 0.3 is 5.97 Å². The van der Waals surface area contributed by atoms with Crippen LogP contribution in [0.3, 0.4) is 0 Å². The van der Waals surface area contributed by atoms with Crippen molar-refractivity contribution in [2.24, 2.45) is 0 Å². The molecule has 2 aromatic rings. The number of esters is 1. The lowest BCUT2D eigenvalue weighted by atomic mass is 10.1. The first-order chi connectivity index (χ1) is 13.8. The van der Waals surface area contributed by atoms with Crippen LogP contribution < -0.4 is 10.1 Å². The van der Waals surface area contributed by atoms with Crippen LogP contribution in [-0.4, -0.2) is 30.0 Å². The number of carbonyl (C=O) groups excluding carboxylic acids is 2. The third kappa shape index (κ3) is 5.90. The van der Waals surface area contributed by atoms with Gasteiger partial charge in [0.05, 0.1) is 29.7 Å². The van der Waals surface area contributed by atoms with Crippen LogP contribution in [0.2, 0.25) is 0 Å². The van der Waals surface area contributed by atoms with Crippen molar-refractivity contribution in [1.29, 1.82) is 5.26 Å². The van der Waals surface area contributed by atoms with Crippen LogP contribution in [0.15, 0.2) is 48.5 Å². The lowest BCUT2D eigenvalue weighted by Gasteiger charge is -2.13. The molecule has 2 aromatic carbocycles. The number of anilines is 1. The van der Waals surface area contributed by atoms with Crippen LogP contribution in [0.4, 0.5) is 11.4 Å². The zero-order valence-electron chi connectivity index (χ0n) is 15.6. The molecule has 148 valence electrons. The molecule has 9 heteroatoms. The Labute approximate surface area is 166 Å². The number of nitro groups is 1. The summed E-state index contributed by atoms with van der Waals surface area (Å²) in [4.78, 5) is 34.6. The first kappa shape index (κ1) is 21.1. The van der Waals surface area contributed by atoms with Crippen molar-refractivity contribution in [1.82, 2.24) is 0 Å². The highest BCUT2D eigenvalue weighted by atomic mass is 16.6. The molecule has 0 aromatic heterocycles. The van der Waals surface area contributed by atoms with E-state index in [9.17, 15) is 19.7 Å². The molecule has 1 amide bonds. The van der Waals surface area contributed by atoms with Crippen LogP contribution in [0.5, 0.6) is 5.75 Å². The molecule has 29 heavy (non-hydrogen) atoms. The second-order valence-corrected chi connectivity index (χ2v) is 5.78. The fraction of sp³-hybridized carbons (Fsp3) is 0.150. The van der Waals surface area contributed by atoms with E-state index in [2.05, 4.69) is 5.32 Å². The predicted molar refractivity (Wildman–Crippen MR) is 104 cm³/mol. The smallest absolute Gasteiger partial charge is 0.331 e. The number of nitrogens with zero attached hydrogens (tertiary/aromatic N) is 2. The van der Waals surface area contributed by atoms with Gasteiger partial charge in [0.1, 0.15) is 11.4 Å². The third-order valence-electron chi connectivity index (χ3n) is 3.77. The molecular formula is C20H17N3O6. The van der Waals surface area contributed by atoms with Crippen molar-refractivity contribution in [2.75, 3.05) is 12.4 Å². The molecule has 0 saturated carbocycles. The molecule has 0 saturated heterocycles.